The van der Waals surface area contributed by atoms with Gasteiger partial charge in [0.1, 0.15) is 16.6 Å². The fourth-order valence-corrected chi connectivity index (χ4v) is 5.18. The van der Waals surface area contributed by atoms with Crippen LogP contribution < -0.4 is 10.6 Å². The lowest BCUT2D eigenvalue weighted by Crippen LogP contribution is -2.42. The Morgan fingerprint density at radius 1 is 1.20 bits per heavy atom. The topological polar surface area (TPSA) is 80.3 Å². The van der Waals surface area contributed by atoms with Gasteiger partial charge in [-0.25, -0.2) is 9.97 Å². The van der Waals surface area contributed by atoms with E-state index < -0.39 is 0 Å². The number of halogens is 1. The van der Waals surface area contributed by atoms with Crippen molar-refractivity contribution < 1.29 is 0 Å². The summed E-state index contributed by atoms with van der Waals surface area (Å²) in [6.07, 6.45) is 5.78. The average molecular weight is 439 g/mol. The van der Waals surface area contributed by atoms with Gasteiger partial charge in [-0.05, 0) is 36.9 Å². The minimum Gasteiger partial charge on any atom is -0.355 e. The van der Waals surface area contributed by atoms with E-state index in [1.807, 2.05) is 30.5 Å². The Morgan fingerprint density at radius 2 is 2.03 bits per heavy atom. The number of hydrogen-bond donors (Lipinski definition) is 1. The molecule has 0 radical (unpaired) electrons. The third kappa shape index (κ3) is 3.55. The summed E-state index contributed by atoms with van der Waals surface area (Å²) < 4.78 is 0. The van der Waals surface area contributed by atoms with Crippen molar-refractivity contribution in [1.82, 2.24) is 15.0 Å². The lowest BCUT2D eigenvalue weighted by atomic mass is 9.80. The van der Waals surface area contributed by atoms with Crippen molar-refractivity contribution >= 4 is 45.1 Å². The number of pyridine rings is 1. The molecule has 0 aliphatic carbocycles. The molecule has 1 fully saturated rings. The van der Waals surface area contributed by atoms with Crippen LogP contribution in [0, 0.1) is 5.41 Å². The average Bonchev–Trinajstić information content (AvgIpc) is 3.18. The van der Waals surface area contributed by atoms with Crippen LogP contribution >= 0.6 is 23.4 Å². The minimum atomic E-state index is 0.238. The van der Waals surface area contributed by atoms with Crippen LogP contribution in [0.25, 0.3) is 10.9 Å². The van der Waals surface area contributed by atoms with E-state index in [4.69, 9.17) is 27.3 Å². The number of nitrogens with zero attached hydrogens (tertiary/aromatic N) is 5. The molecule has 2 aromatic heterocycles. The summed E-state index contributed by atoms with van der Waals surface area (Å²) in [6.45, 7) is 5.48. The van der Waals surface area contributed by atoms with Gasteiger partial charge < -0.3 is 10.6 Å². The van der Waals surface area contributed by atoms with Crippen LogP contribution in [-0.2, 0) is 6.54 Å². The molecule has 2 aliphatic heterocycles. The highest BCUT2D eigenvalue weighted by molar-refractivity contribution is 8.14. The third-order valence-electron chi connectivity index (χ3n) is 6.08. The summed E-state index contributed by atoms with van der Waals surface area (Å²) >= 11 is 8.15. The zero-order valence-corrected chi connectivity index (χ0v) is 18.4. The number of hydrogen-bond acceptors (Lipinski definition) is 7. The van der Waals surface area contributed by atoms with Crippen molar-refractivity contribution in [2.45, 2.75) is 31.2 Å². The maximum atomic E-state index is 6.62. The first-order valence-electron chi connectivity index (χ1n) is 10.1. The van der Waals surface area contributed by atoms with E-state index in [0.717, 1.165) is 70.5 Å². The third-order valence-corrected chi connectivity index (χ3v) is 7.65. The molecule has 1 saturated heterocycles. The van der Waals surface area contributed by atoms with Gasteiger partial charge in [0.2, 0.25) is 0 Å². The first kappa shape index (κ1) is 19.7. The molecule has 5 rings (SSSR count). The molecule has 0 spiro atoms. The Labute approximate surface area is 185 Å². The highest BCUT2D eigenvalue weighted by Crippen LogP contribution is 2.37. The number of aliphatic imine (C=N–C) groups is 1. The number of anilines is 1. The number of rotatable bonds is 3. The number of fused-ring (bicyclic) bond motifs is 2. The molecule has 8 heteroatoms. The first-order valence-corrected chi connectivity index (χ1v) is 11.3. The molecule has 154 valence electrons. The molecule has 1 aromatic carbocycles. The zero-order chi connectivity index (χ0) is 20.7. The molecular formula is C22H23ClN6S. The van der Waals surface area contributed by atoms with Gasteiger partial charge in [0, 0.05) is 29.6 Å². The summed E-state index contributed by atoms with van der Waals surface area (Å²) in [7, 11) is 0. The fourth-order valence-electron chi connectivity index (χ4n) is 3.91. The molecule has 0 atom stereocenters. The number of aromatic nitrogens is 3. The van der Waals surface area contributed by atoms with Crippen molar-refractivity contribution in [3.8, 4) is 0 Å². The lowest BCUT2D eigenvalue weighted by Gasteiger charge is -2.39. The monoisotopic (exact) mass is 438 g/mol. The van der Waals surface area contributed by atoms with Crippen molar-refractivity contribution in [3.63, 3.8) is 0 Å². The van der Waals surface area contributed by atoms with Crippen LogP contribution in [-0.4, -0.2) is 39.6 Å². The number of thioether (sulfide) groups is 1. The summed E-state index contributed by atoms with van der Waals surface area (Å²) in [5, 5.41) is 2.53. The smallest absolute Gasteiger partial charge is 0.147 e. The van der Waals surface area contributed by atoms with E-state index in [-0.39, 0.29) is 5.41 Å². The van der Waals surface area contributed by atoms with E-state index >= 15 is 0 Å². The van der Waals surface area contributed by atoms with Crippen LogP contribution in [0.1, 0.15) is 31.2 Å². The molecule has 0 unspecified atom stereocenters. The highest BCUT2D eigenvalue weighted by Gasteiger charge is 2.30. The predicted octanol–water partition coefficient (Wildman–Crippen LogP) is 4.30. The summed E-state index contributed by atoms with van der Waals surface area (Å²) in [4.78, 5) is 21.9. The van der Waals surface area contributed by atoms with Crippen molar-refractivity contribution in [1.29, 1.82) is 0 Å². The summed E-state index contributed by atoms with van der Waals surface area (Å²) in [5.74, 6) is 0.933. The van der Waals surface area contributed by atoms with Crippen LogP contribution in [0.4, 0.5) is 5.82 Å². The van der Waals surface area contributed by atoms with Gasteiger partial charge in [0.05, 0.1) is 29.0 Å². The van der Waals surface area contributed by atoms with Crippen molar-refractivity contribution in [3.05, 3.63) is 53.1 Å². The van der Waals surface area contributed by atoms with Gasteiger partial charge in [-0.15, -0.1) is 0 Å². The first-order chi connectivity index (χ1) is 14.6. The Hall–Kier alpha value is -2.22. The van der Waals surface area contributed by atoms with Crippen molar-refractivity contribution in [2.75, 3.05) is 24.5 Å². The molecule has 6 nitrogen and oxygen atoms in total. The van der Waals surface area contributed by atoms with E-state index in [1.54, 1.807) is 6.20 Å². The number of nitrogens with two attached hydrogens (primary N) is 1. The normalized spacial score (nSPS) is 17.8. The number of benzene rings is 1. The Bertz CT molecular complexity index is 1140. The largest absolute Gasteiger partial charge is 0.355 e. The molecule has 2 aliphatic rings. The Balaban J connectivity index is 1.35. The Kier molecular flexibility index (Phi) is 5.13. The van der Waals surface area contributed by atoms with E-state index in [9.17, 15) is 0 Å². The summed E-state index contributed by atoms with van der Waals surface area (Å²) in [6, 6.07) is 7.97. The molecule has 2 N–H and O–H groups in total. The quantitative estimate of drug-likeness (QED) is 0.656. The van der Waals surface area contributed by atoms with E-state index in [0.29, 0.717) is 11.6 Å². The summed E-state index contributed by atoms with van der Waals surface area (Å²) in [5.41, 5.74) is 8.76. The van der Waals surface area contributed by atoms with E-state index in [2.05, 4.69) is 21.8 Å². The molecule has 4 heterocycles. The Morgan fingerprint density at radius 3 is 2.83 bits per heavy atom. The molecule has 0 bridgehead atoms. The lowest BCUT2D eigenvalue weighted by molar-refractivity contribution is 0.258. The van der Waals surface area contributed by atoms with Crippen LogP contribution in [0.15, 0.2) is 46.5 Å². The standard InChI is InChI=1S/C22H23ClN6S/c1-22(13-24)6-9-29(10-7-22)17-12-26-20-15(28-17)11-27-21(20)30-16-5-4-14-3-2-8-25-19(14)18(16)23/h2-5,8,12H,6-7,9-11,13,24H2,1H3. The second kappa shape index (κ2) is 7.80. The molecular weight excluding hydrogens is 416 g/mol. The van der Waals surface area contributed by atoms with E-state index in [1.165, 1.54) is 11.8 Å². The van der Waals surface area contributed by atoms with Crippen molar-refractivity contribution in [2.24, 2.45) is 16.1 Å². The van der Waals surface area contributed by atoms with Gasteiger partial charge in [0.25, 0.3) is 0 Å². The number of piperidine rings is 1. The van der Waals surface area contributed by atoms with Gasteiger partial charge in [-0.1, -0.05) is 42.4 Å². The SMILES string of the molecule is CC1(CN)CCN(c2cnc3c(n2)CN=C3Sc2ccc3cccnc3c2Cl)CC1. The molecule has 0 amide bonds. The van der Waals surface area contributed by atoms with Gasteiger partial charge in [-0.3, -0.25) is 9.98 Å². The highest BCUT2D eigenvalue weighted by atomic mass is 35.5. The zero-order valence-electron chi connectivity index (χ0n) is 16.8. The second-order valence-electron chi connectivity index (χ2n) is 8.20. The van der Waals surface area contributed by atoms with Gasteiger partial charge in [0.15, 0.2) is 0 Å². The van der Waals surface area contributed by atoms with Crippen LogP contribution in [0.3, 0.4) is 0 Å². The molecule has 30 heavy (non-hydrogen) atoms. The fraction of sp³-hybridized carbons (Fsp3) is 0.364. The second-order valence-corrected chi connectivity index (χ2v) is 9.61. The minimum absolute atomic E-state index is 0.238. The van der Waals surface area contributed by atoms with Crippen LogP contribution in [0.2, 0.25) is 5.02 Å². The molecule has 3 aromatic rings. The van der Waals surface area contributed by atoms with Crippen LogP contribution in [0.5, 0.6) is 0 Å². The predicted molar refractivity (Wildman–Crippen MR) is 123 cm³/mol. The maximum absolute atomic E-state index is 6.62. The molecule has 0 saturated carbocycles. The van der Waals surface area contributed by atoms with Gasteiger partial charge >= 0.3 is 0 Å². The van der Waals surface area contributed by atoms with Gasteiger partial charge in [-0.2, -0.15) is 0 Å². The maximum Gasteiger partial charge on any atom is 0.147 e.